The maximum Gasteiger partial charge on any atom is 0.221 e. The van der Waals surface area contributed by atoms with Crippen LogP contribution >= 0.6 is 0 Å². The second-order valence-electron chi connectivity index (χ2n) is 9.88. The van der Waals surface area contributed by atoms with Gasteiger partial charge in [0.25, 0.3) is 0 Å². The third kappa shape index (κ3) is 4.71. The van der Waals surface area contributed by atoms with Gasteiger partial charge in [-0.2, -0.15) is 4.31 Å². The van der Waals surface area contributed by atoms with Gasteiger partial charge in [-0.25, -0.2) is 12.8 Å². The number of aromatic nitrogens is 3. The largest absolute Gasteiger partial charge is 0.371 e. The van der Waals surface area contributed by atoms with Crippen molar-refractivity contribution in [3.05, 3.63) is 78.1 Å². The quantitative estimate of drug-likeness (QED) is 0.517. The molecule has 2 fully saturated rings. The number of nitrogens with zero attached hydrogens (tertiary/aromatic N) is 5. The molecule has 2 aromatic carbocycles. The minimum atomic E-state index is -3.60. The summed E-state index contributed by atoms with van der Waals surface area (Å²) in [4.78, 5) is 2.20. The van der Waals surface area contributed by atoms with Crippen molar-refractivity contribution in [1.29, 1.82) is 0 Å². The van der Waals surface area contributed by atoms with Crippen molar-refractivity contribution in [3.63, 3.8) is 0 Å². The van der Waals surface area contributed by atoms with Gasteiger partial charge in [0.2, 0.25) is 10.0 Å². The third-order valence-corrected chi connectivity index (χ3v) is 9.97. The van der Waals surface area contributed by atoms with Gasteiger partial charge in [0.05, 0.1) is 0 Å². The first-order chi connectivity index (χ1) is 16.8. The van der Waals surface area contributed by atoms with Crippen molar-refractivity contribution >= 4 is 15.7 Å². The number of hydrogen-bond acceptors (Lipinski definition) is 5. The predicted octanol–water partition coefficient (Wildman–Crippen LogP) is 4.56. The molecule has 4 unspecified atom stereocenters. The molecule has 4 atom stereocenters. The molecule has 3 aromatic rings. The first-order valence-electron chi connectivity index (χ1n) is 12.3. The summed E-state index contributed by atoms with van der Waals surface area (Å²) in [7, 11) is -3.60. The second-order valence-corrected chi connectivity index (χ2v) is 11.9. The summed E-state index contributed by atoms with van der Waals surface area (Å²) in [5.74, 6) is -0.00271. The highest BCUT2D eigenvalue weighted by atomic mass is 32.2. The van der Waals surface area contributed by atoms with E-state index in [9.17, 15) is 8.42 Å². The molecule has 0 amide bonds. The van der Waals surface area contributed by atoms with E-state index >= 15 is 4.39 Å². The molecule has 2 aliphatic heterocycles. The molecule has 7 nitrogen and oxygen atoms in total. The molecule has 2 aliphatic rings. The highest BCUT2D eigenvalue weighted by molar-refractivity contribution is 7.89. The van der Waals surface area contributed by atoms with Crippen LogP contribution in [0.3, 0.4) is 0 Å². The zero-order chi connectivity index (χ0) is 24.6. The van der Waals surface area contributed by atoms with Crippen LogP contribution in [0.15, 0.2) is 61.2 Å². The van der Waals surface area contributed by atoms with E-state index in [1.807, 2.05) is 43.3 Å². The Morgan fingerprint density at radius 2 is 1.74 bits per heavy atom. The number of halogens is 1. The summed E-state index contributed by atoms with van der Waals surface area (Å²) < 4.78 is 45.8. The van der Waals surface area contributed by atoms with Gasteiger partial charge in [-0.1, -0.05) is 43.3 Å². The van der Waals surface area contributed by atoms with Gasteiger partial charge in [-0.3, -0.25) is 0 Å². The van der Waals surface area contributed by atoms with E-state index in [0.717, 1.165) is 37.2 Å². The lowest BCUT2D eigenvalue weighted by atomic mass is 9.93. The monoisotopic (exact) mass is 497 g/mol. The van der Waals surface area contributed by atoms with Crippen molar-refractivity contribution < 1.29 is 12.8 Å². The van der Waals surface area contributed by atoms with E-state index in [1.165, 1.54) is 4.31 Å². The lowest BCUT2D eigenvalue weighted by Gasteiger charge is -2.39. The number of anilines is 1. The molecule has 0 N–H and O–H groups in total. The molecule has 3 heterocycles. The molecule has 0 radical (unpaired) electrons. The van der Waals surface area contributed by atoms with E-state index in [2.05, 4.69) is 26.6 Å². The summed E-state index contributed by atoms with van der Waals surface area (Å²) in [5.41, 5.74) is 2.03. The number of piperidine rings is 1. The first kappa shape index (κ1) is 23.9. The van der Waals surface area contributed by atoms with E-state index < -0.39 is 15.3 Å². The highest BCUT2D eigenvalue weighted by Gasteiger charge is 2.40. The zero-order valence-electron chi connectivity index (χ0n) is 20.2. The maximum atomic E-state index is 15.3. The van der Waals surface area contributed by atoms with Crippen LogP contribution in [0.25, 0.3) is 0 Å². The maximum absolute atomic E-state index is 15.3. The molecule has 0 spiro atoms. The summed E-state index contributed by atoms with van der Waals surface area (Å²) in [6, 6.07) is 14.7. The Labute approximate surface area is 206 Å². The van der Waals surface area contributed by atoms with E-state index in [4.69, 9.17) is 0 Å². The summed E-state index contributed by atoms with van der Waals surface area (Å²) in [5, 5.41) is 7.25. The highest BCUT2D eigenvalue weighted by Crippen LogP contribution is 2.38. The molecular formula is C26H32FN5O2S. The number of benzene rings is 2. The Morgan fingerprint density at radius 3 is 2.43 bits per heavy atom. The molecule has 2 saturated heterocycles. The van der Waals surface area contributed by atoms with Gasteiger partial charge in [-0.05, 0) is 49.8 Å². The van der Waals surface area contributed by atoms with Gasteiger partial charge in [0.1, 0.15) is 23.7 Å². The number of rotatable bonds is 5. The van der Waals surface area contributed by atoms with E-state index in [-0.39, 0.29) is 18.4 Å². The summed E-state index contributed by atoms with van der Waals surface area (Å²) in [6.07, 6.45) is 5.76. The summed E-state index contributed by atoms with van der Waals surface area (Å²) in [6.45, 7) is 5.75. The second kappa shape index (κ2) is 9.70. The molecule has 1 aromatic heterocycles. The average molecular weight is 498 g/mol. The number of hydrogen-bond donors (Lipinski definition) is 0. The van der Waals surface area contributed by atoms with Gasteiger partial charge in [0.15, 0.2) is 0 Å². The molecule has 186 valence electrons. The SMILES string of the molecule is CC1CN(c2ccc(CN3C(C)CCC(c4ccccc4)S3(=O)=O)c(F)c2)CCC1n1cnnc1. The Hall–Kier alpha value is -2.78. The van der Waals surface area contributed by atoms with Crippen molar-refractivity contribution in [2.24, 2.45) is 5.92 Å². The molecule has 35 heavy (non-hydrogen) atoms. The molecular weight excluding hydrogens is 465 g/mol. The summed E-state index contributed by atoms with van der Waals surface area (Å²) >= 11 is 0. The minimum Gasteiger partial charge on any atom is -0.371 e. The van der Waals surface area contributed by atoms with Crippen LogP contribution < -0.4 is 4.90 Å². The minimum absolute atomic E-state index is 0.0467. The van der Waals surface area contributed by atoms with E-state index in [0.29, 0.717) is 23.9 Å². The third-order valence-electron chi connectivity index (χ3n) is 7.60. The van der Waals surface area contributed by atoms with Crippen LogP contribution in [-0.2, 0) is 16.6 Å². The molecule has 0 aliphatic carbocycles. The smallest absolute Gasteiger partial charge is 0.221 e. The first-order valence-corrected chi connectivity index (χ1v) is 13.8. The average Bonchev–Trinajstić information content (AvgIpc) is 3.37. The predicted molar refractivity (Wildman–Crippen MR) is 134 cm³/mol. The fourth-order valence-electron chi connectivity index (χ4n) is 5.57. The van der Waals surface area contributed by atoms with Crippen molar-refractivity contribution in [2.45, 2.75) is 57.0 Å². The van der Waals surface area contributed by atoms with Crippen molar-refractivity contribution in [2.75, 3.05) is 18.0 Å². The van der Waals surface area contributed by atoms with Crippen LogP contribution in [-0.4, -0.2) is 46.6 Å². The molecule has 0 bridgehead atoms. The van der Waals surface area contributed by atoms with Gasteiger partial charge < -0.3 is 9.47 Å². The van der Waals surface area contributed by atoms with Crippen LogP contribution in [0.1, 0.15) is 55.5 Å². The van der Waals surface area contributed by atoms with Gasteiger partial charge in [-0.15, -0.1) is 10.2 Å². The van der Waals surface area contributed by atoms with Crippen molar-refractivity contribution in [1.82, 2.24) is 19.1 Å². The Bertz CT molecular complexity index is 1250. The van der Waals surface area contributed by atoms with Crippen LogP contribution in [0.2, 0.25) is 0 Å². The lowest BCUT2D eigenvalue weighted by Crippen LogP contribution is -2.44. The molecule has 5 rings (SSSR count). The molecule has 0 saturated carbocycles. The van der Waals surface area contributed by atoms with Gasteiger partial charge in [0, 0.05) is 43.0 Å². The standard InChI is InChI=1S/C26H32FN5O2S/c1-19-15-30(13-12-25(19)31-17-28-29-18-31)23-10-9-22(24(27)14-23)16-32-20(2)8-11-26(35(32,33)34)21-6-4-3-5-7-21/h3-7,9-10,14,17-20,25-26H,8,11-13,15-16H2,1-2H3. The topological polar surface area (TPSA) is 71.3 Å². The van der Waals surface area contributed by atoms with Crippen LogP contribution in [0.5, 0.6) is 0 Å². The fourth-order valence-corrected chi connectivity index (χ4v) is 7.76. The Kier molecular flexibility index (Phi) is 6.63. The van der Waals surface area contributed by atoms with Gasteiger partial charge >= 0.3 is 0 Å². The fraction of sp³-hybridized carbons (Fsp3) is 0.462. The Morgan fingerprint density at radius 1 is 1.00 bits per heavy atom. The van der Waals surface area contributed by atoms with Crippen molar-refractivity contribution in [3.8, 4) is 0 Å². The van der Waals surface area contributed by atoms with Crippen LogP contribution in [0, 0.1) is 11.7 Å². The zero-order valence-corrected chi connectivity index (χ0v) is 21.0. The number of sulfonamides is 1. The Balaban J connectivity index is 1.31. The van der Waals surface area contributed by atoms with E-state index in [1.54, 1.807) is 24.8 Å². The molecule has 9 heteroatoms. The normalized spacial score (nSPS) is 27.1. The lowest BCUT2D eigenvalue weighted by molar-refractivity contribution is 0.279. The van der Waals surface area contributed by atoms with Crippen LogP contribution in [0.4, 0.5) is 10.1 Å².